The van der Waals surface area contributed by atoms with Gasteiger partial charge in [0.05, 0.1) is 30.0 Å². The van der Waals surface area contributed by atoms with E-state index in [1.165, 1.54) is 0 Å². The number of rotatable bonds is 4. The quantitative estimate of drug-likeness (QED) is 0.734. The molecule has 0 radical (unpaired) electrons. The van der Waals surface area contributed by atoms with Crippen LogP contribution in [0.2, 0.25) is 0 Å². The van der Waals surface area contributed by atoms with E-state index in [0.717, 1.165) is 33.8 Å². The van der Waals surface area contributed by atoms with Crippen LogP contribution in [0.25, 0.3) is 5.69 Å². The normalized spacial score (nSPS) is 15.3. The molecule has 1 N–H and O–H groups in total. The highest BCUT2D eigenvalue weighted by Gasteiger charge is 2.28. The second-order valence-corrected chi connectivity index (χ2v) is 8.40. The molecular weight excluding hydrogens is 374 g/mol. The van der Waals surface area contributed by atoms with Crippen LogP contribution in [-0.4, -0.2) is 27.0 Å². The van der Waals surface area contributed by atoms with Crippen molar-refractivity contribution in [1.82, 2.24) is 9.78 Å². The lowest BCUT2D eigenvalue weighted by Gasteiger charge is -2.12. The van der Waals surface area contributed by atoms with E-state index in [4.69, 9.17) is 4.74 Å². The predicted octanol–water partition coefficient (Wildman–Crippen LogP) is 3.51. The van der Waals surface area contributed by atoms with E-state index in [0.29, 0.717) is 22.9 Å². The van der Waals surface area contributed by atoms with Gasteiger partial charge in [0.25, 0.3) is 5.91 Å². The molecule has 1 aliphatic rings. The SMILES string of the molecule is COc1ccc(-n2nc3c(c2NC(=O)c2cc(C)cc(C)c2)C[S@@](=O)C3)cc1. The number of amides is 1. The average molecular weight is 395 g/mol. The molecule has 3 aromatic rings. The molecule has 0 saturated heterocycles. The van der Waals surface area contributed by atoms with E-state index in [1.807, 2.05) is 56.3 Å². The maximum absolute atomic E-state index is 12.9. The summed E-state index contributed by atoms with van der Waals surface area (Å²) in [6.45, 7) is 3.93. The third kappa shape index (κ3) is 3.45. The number of carbonyl (C=O) groups excluding carboxylic acids is 1. The molecule has 1 atom stereocenters. The lowest BCUT2D eigenvalue weighted by Crippen LogP contribution is -2.17. The van der Waals surface area contributed by atoms with Gasteiger partial charge in [0.2, 0.25) is 0 Å². The van der Waals surface area contributed by atoms with E-state index in [-0.39, 0.29) is 5.91 Å². The molecule has 0 unspecified atom stereocenters. The minimum absolute atomic E-state index is 0.207. The summed E-state index contributed by atoms with van der Waals surface area (Å²) < 4.78 is 18.9. The number of ether oxygens (including phenoxy) is 1. The molecule has 0 aliphatic carbocycles. The number of benzene rings is 2. The number of anilines is 1. The van der Waals surface area contributed by atoms with Crippen molar-refractivity contribution in [3.63, 3.8) is 0 Å². The zero-order valence-electron chi connectivity index (χ0n) is 16.0. The highest BCUT2D eigenvalue weighted by Crippen LogP contribution is 2.32. The molecular formula is C21H21N3O3S. The van der Waals surface area contributed by atoms with E-state index < -0.39 is 10.8 Å². The first-order chi connectivity index (χ1) is 13.4. The average Bonchev–Trinajstić information content (AvgIpc) is 3.18. The van der Waals surface area contributed by atoms with Crippen molar-refractivity contribution in [2.24, 2.45) is 0 Å². The highest BCUT2D eigenvalue weighted by atomic mass is 32.2. The van der Waals surface area contributed by atoms with Crippen LogP contribution in [0.15, 0.2) is 42.5 Å². The van der Waals surface area contributed by atoms with Crippen LogP contribution in [0, 0.1) is 13.8 Å². The van der Waals surface area contributed by atoms with Gasteiger partial charge in [-0.2, -0.15) is 5.10 Å². The first-order valence-electron chi connectivity index (χ1n) is 8.94. The Morgan fingerprint density at radius 3 is 2.43 bits per heavy atom. The number of aryl methyl sites for hydroxylation is 2. The van der Waals surface area contributed by atoms with Gasteiger partial charge in [0.15, 0.2) is 0 Å². The molecule has 0 spiro atoms. The van der Waals surface area contributed by atoms with Gasteiger partial charge in [-0.25, -0.2) is 4.68 Å². The van der Waals surface area contributed by atoms with Gasteiger partial charge in [-0.15, -0.1) is 0 Å². The molecule has 1 amide bonds. The zero-order valence-corrected chi connectivity index (χ0v) is 16.8. The van der Waals surface area contributed by atoms with Crippen molar-refractivity contribution < 1.29 is 13.7 Å². The number of nitrogens with zero attached hydrogens (tertiary/aromatic N) is 2. The molecule has 2 heterocycles. The van der Waals surface area contributed by atoms with Crippen molar-refractivity contribution in [2.45, 2.75) is 25.4 Å². The Labute approximate surface area is 166 Å². The number of hydrogen-bond donors (Lipinski definition) is 1. The van der Waals surface area contributed by atoms with Crippen LogP contribution in [0.5, 0.6) is 5.75 Å². The molecule has 6 nitrogen and oxygen atoms in total. The summed E-state index contributed by atoms with van der Waals surface area (Å²) in [7, 11) is 0.631. The molecule has 0 saturated carbocycles. The second kappa shape index (κ2) is 7.24. The van der Waals surface area contributed by atoms with Gasteiger partial charge in [-0.3, -0.25) is 9.00 Å². The van der Waals surface area contributed by atoms with Crippen molar-refractivity contribution >= 4 is 22.5 Å². The van der Waals surface area contributed by atoms with Crippen molar-refractivity contribution in [3.8, 4) is 11.4 Å². The van der Waals surface area contributed by atoms with Crippen molar-refractivity contribution in [1.29, 1.82) is 0 Å². The maximum Gasteiger partial charge on any atom is 0.256 e. The Hall–Kier alpha value is -2.93. The fourth-order valence-electron chi connectivity index (χ4n) is 3.45. The minimum atomic E-state index is -0.982. The standard InChI is InChI=1S/C21H21N3O3S/c1-13-8-14(2)10-15(9-13)21(25)22-20-18-11-28(26)12-19(18)23-24(20)16-4-6-17(27-3)7-5-16/h4-10H,11-12H2,1-3H3,(H,22,25)/t28-/m1/s1. The summed E-state index contributed by atoms with van der Waals surface area (Å²) in [6, 6.07) is 13.2. The largest absolute Gasteiger partial charge is 0.497 e. The number of fused-ring (bicyclic) bond motifs is 1. The number of aromatic nitrogens is 2. The smallest absolute Gasteiger partial charge is 0.256 e. The second-order valence-electron chi connectivity index (χ2n) is 6.94. The molecule has 0 fully saturated rings. The van der Waals surface area contributed by atoms with Crippen LogP contribution < -0.4 is 10.1 Å². The minimum Gasteiger partial charge on any atom is -0.497 e. The van der Waals surface area contributed by atoms with Crippen LogP contribution in [0.4, 0.5) is 5.82 Å². The van der Waals surface area contributed by atoms with Crippen LogP contribution in [0.3, 0.4) is 0 Å². The molecule has 7 heteroatoms. The predicted molar refractivity (Wildman–Crippen MR) is 110 cm³/mol. The summed E-state index contributed by atoms with van der Waals surface area (Å²) in [5.41, 5.74) is 5.06. The van der Waals surface area contributed by atoms with E-state index >= 15 is 0 Å². The van der Waals surface area contributed by atoms with E-state index in [2.05, 4.69) is 10.4 Å². The highest BCUT2D eigenvalue weighted by molar-refractivity contribution is 7.83. The summed E-state index contributed by atoms with van der Waals surface area (Å²) in [5.74, 6) is 1.92. The number of carbonyl (C=O) groups is 1. The third-order valence-corrected chi connectivity index (χ3v) is 5.91. The summed E-state index contributed by atoms with van der Waals surface area (Å²) >= 11 is 0. The lowest BCUT2D eigenvalue weighted by molar-refractivity contribution is 0.102. The fourth-order valence-corrected chi connectivity index (χ4v) is 4.72. The first kappa shape index (κ1) is 18.4. The Balaban J connectivity index is 1.74. The molecule has 1 aromatic heterocycles. The molecule has 1 aliphatic heterocycles. The molecule has 28 heavy (non-hydrogen) atoms. The first-order valence-corrected chi connectivity index (χ1v) is 10.4. The lowest BCUT2D eigenvalue weighted by atomic mass is 10.1. The number of hydrogen-bond acceptors (Lipinski definition) is 4. The van der Waals surface area contributed by atoms with Gasteiger partial charge >= 0.3 is 0 Å². The van der Waals surface area contributed by atoms with Gasteiger partial charge in [0, 0.05) is 21.9 Å². The Morgan fingerprint density at radius 2 is 1.79 bits per heavy atom. The Kier molecular flexibility index (Phi) is 4.77. The molecule has 2 aromatic carbocycles. The topological polar surface area (TPSA) is 73.2 Å². The van der Waals surface area contributed by atoms with Gasteiger partial charge < -0.3 is 10.1 Å². The van der Waals surface area contributed by atoms with Crippen molar-refractivity contribution in [3.05, 3.63) is 70.4 Å². The maximum atomic E-state index is 12.9. The van der Waals surface area contributed by atoms with Crippen LogP contribution >= 0.6 is 0 Å². The molecule has 4 rings (SSSR count). The third-order valence-electron chi connectivity index (χ3n) is 4.70. The Morgan fingerprint density at radius 1 is 1.11 bits per heavy atom. The van der Waals surface area contributed by atoms with Gasteiger partial charge in [-0.1, -0.05) is 17.2 Å². The Bertz CT molecular complexity index is 1070. The van der Waals surface area contributed by atoms with Gasteiger partial charge in [-0.05, 0) is 50.2 Å². The van der Waals surface area contributed by atoms with E-state index in [9.17, 15) is 9.00 Å². The zero-order chi connectivity index (χ0) is 19.8. The van der Waals surface area contributed by atoms with Gasteiger partial charge in [0.1, 0.15) is 11.6 Å². The van der Waals surface area contributed by atoms with Crippen LogP contribution in [-0.2, 0) is 22.3 Å². The fraction of sp³-hybridized carbons (Fsp3) is 0.238. The summed E-state index contributed by atoms with van der Waals surface area (Å²) in [4.78, 5) is 12.9. The number of nitrogens with one attached hydrogen (secondary N) is 1. The summed E-state index contributed by atoms with van der Waals surface area (Å²) in [5, 5.41) is 7.62. The monoisotopic (exact) mass is 395 g/mol. The molecule has 0 bridgehead atoms. The number of methoxy groups -OCH3 is 1. The van der Waals surface area contributed by atoms with Crippen molar-refractivity contribution in [2.75, 3.05) is 12.4 Å². The summed E-state index contributed by atoms with van der Waals surface area (Å²) in [6.07, 6.45) is 0. The van der Waals surface area contributed by atoms with E-state index in [1.54, 1.807) is 11.8 Å². The molecule has 144 valence electrons. The van der Waals surface area contributed by atoms with Crippen LogP contribution in [0.1, 0.15) is 32.7 Å².